The Bertz CT molecular complexity index is 747. The molecule has 2 aromatic heterocycles. The van der Waals surface area contributed by atoms with Crippen LogP contribution in [0.3, 0.4) is 0 Å². The summed E-state index contributed by atoms with van der Waals surface area (Å²) in [4.78, 5) is 4.46. The van der Waals surface area contributed by atoms with E-state index < -0.39 is 6.10 Å². The van der Waals surface area contributed by atoms with Gasteiger partial charge in [0.05, 0.1) is 24.3 Å². The molecule has 1 atom stereocenters. The second-order valence-corrected chi connectivity index (χ2v) is 5.38. The molecule has 0 spiro atoms. The summed E-state index contributed by atoms with van der Waals surface area (Å²) in [6.45, 7) is 2.34. The molecule has 1 aromatic carbocycles. The molecule has 0 saturated carbocycles. The third-order valence-corrected chi connectivity index (χ3v) is 3.47. The van der Waals surface area contributed by atoms with E-state index in [1.807, 2.05) is 16.7 Å². The number of imidazole rings is 1. The summed E-state index contributed by atoms with van der Waals surface area (Å²) >= 11 is 0. The first kappa shape index (κ1) is 14.3. The van der Waals surface area contributed by atoms with E-state index in [9.17, 15) is 10.2 Å². The van der Waals surface area contributed by atoms with Crippen LogP contribution in [0.15, 0.2) is 43.0 Å². The zero-order valence-electron chi connectivity index (χ0n) is 12.3. The lowest BCUT2D eigenvalue weighted by Gasteiger charge is -2.11. The van der Waals surface area contributed by atoms with Gasteiger partial charge in [-0.25, -0.2) is 4.98 Å². The number of aliphatic hydroxyl groups excluding tert-OH is 1. The van der Waals surface area contributed by atoms with Crippen LogP contribution in [-0.2, 0) is 13.0 Å². The van der Waals surface area contributed by atoms with Crippen molar-refractivity contribution in [3.05, 3.63) is 54.2 Å². The van der Waals surface area contributed by atoms with Gasteiger partial charge < -0.3 is 14.8 Å². The number of benzene rings is 1. The quantitative estimate of drug-likeness (QED) is 0.672. The number of phenolic OH excluding ortho intramolecular Hbond substituents is 1. The van der Waals surface area contributed by atoms with E-state index in [2.05, 4.69) is 15.2 Å². The van der Waals surface area contributed by atoms with Gasteiger partial charge >= 0.3 is 0 Å². The van der Waals surface area contributed by atoms with Gasteiger partial charge in [-0.2, -0.15) is 5.10 Å². The molecule has 0 aliphatic heterocycles. The Hall–Kier alpha value is -2.60. The molecule has 0 amide bonds. The number of hydrogen-bond donors (Lipinski definition) is 3. The fourth-order valence-corrected chi connectivity index (χ4v) is 2.51. The van der Waals surface area contributed by atoms with Crippen LogP contribution >= 0.6 is 0 Å². The maximum absolute atomic E-state index is 9.78. The molecule has 6 heteroatoms. The van der Waals surface area contributed by atoms with E-state index >= 15 is 0 Å². The molecule has 0 saturated heterocycles. The Labute approximate surface area is 128 Å². The lowest BCUT2D eigenvalue weighted by Crippen LogP contribution is -2.11. The lowest BCUT2D eigenvalue weighted by molar-refractivity contribution is 0.193. The molecule has 114 valence electrons. The van der Waals surface area contributed by atoms with E-state index in [0.717, 1.165) is 22.5 Å². The summed E-state index contributed by atoms with van der Waals surface area (Å²) in [7, 11) is 0. The Morgan fingerprint density at radius 2 is 2.23 bits per heavy atom. The molecule has 6 nitrogen and oxygen atoms in total. The minimum Gasteiger partial charge on any atom is -0.508 e. The fourth-order valence-electron chi connectivity index (χ4n) is 2.51. The van der Waals surface area contributed by atoms with Gasteiger partial charge in [-0.3, -0.25) is 5.10 Å². The molecule has 2 heterocycles. The number of nitrogens with one attached hydrogen (secondary N) is 1. The van der Waals surface area contributed by atoms with Crippen molar-refractivity contribution < 1.29 is 10.2 Å². The van der Waals surface area contributed by atoms with Gasteiger partial charge in [0.1, 0.15) is 5.75 Å². The molecule has 3 aromatic rings. The summed E-state index contributed by atoms with van der Waals surface area (Å²) in [6, 6.07) is 7.13. The van der Waals surface area contributed by atoms with Crippen LogP contribution in [0.4, 0.5) is 0 Å². The first-order valence-corrected chi connectivity index (χ1v) is 7.12. The highest BCUT2D eigenvalue weighted by atomic mass is 16.3. The van der Waals surface area contributed by atoms with Gasteiger partial charge in [0, 0.05) is 30.4 Å². The number of hydrogen-bond acceptors (Lipinski definition) is 4. The summed E-state index contributed by atoms with van der Waals surface area (Å²) in [5, 5.41) is 26.1. The molecule has 3 rings (SSSR count). The summed E-state index contributed by atoms with van der Waals surface area (Å²) < 4.78 is 1.99. The SMILES string of the molecule is CC(O)Cc1c(-c2cn[nH]c2)ncn1Cc1cccc(O)c1. The van der Waals surface area contributed by atoms with Crippen molar-refractivity contribution in [3.63, 3.8) is 0 Å². The highest BCUT2D eigenvalue weighted by Crippen LogP contribution is 2.23. The molecule has 0 bridgehead atoms. The summed E-state index contributed by atoms with van der Waals surface area (Å²) in [6.07, 6.45) is 5.29. The first-order valence-electron chi connectivity index (χ1n) is 7.12. The molecular weight excluding hydrogens is 280 g/mol. The van der Waals surface area contributed by atoms with Crippen molar-refractivity contribution in [2.24, 2.45) is 0 Å². The largest absolute Gasteiger partial charge is 0.508 e. The van der Waals surface area contributed by atoms with Crippen molar-refractivity contribution in [1.82, 2.24) is 19.7 Å². The second kappa shape index (κ2) is 6.03. The number of aromatic hydroxyl groups is 1. The van der Waals surface area contributed by atoms with Crippen LogP contribution < -0.4 is 0 Å². The van der Waals surface area contributed by atoms with Crippen LogP contribution in [0.1, 0.15) is 18.2 Å². The smallest absolute Gasteiger partial charge is 0.115 e. The van der Waals surface area contributed by atoms with Crippen LogP contribution in [-0.4, -0.2) is 36.1 Å². The number of rotatable bonds is 5. The van der Waals surface area contributed by atoms with E-state index in [1.165, 1.54) is 0 Å². The minimum atomic E-state index is -0.467. The molecule has 0 radical (unpaired) electrons. The van der Waals surface area contributed by atoms with Crippen molar-refractivity contribution in [1.29, 1.82) is 0 Å². The van der Waals surface area contributed by atoms with Gasteiger partial charge in [0.15, 0.2) is 0 Å². The van der Waals surface area contributed by atoms with Gasteiger partial charge in [0.2, 0.25) is 0 Å². The maximum atomic E-state index is 9.78. The standard InChI is InChI=1S/C16H18N4O2/c1-11(21)5-15-16(13-7-18-19-8-13)17-10-20(15)9-12-3-2-4-14(22)6-12/h2-4,6-8,10-11,21-22H,5,9H2,1H3,(H,18,19). The second-order valence-electron chi connectivity index (χ2n) is 5.38. The number of nitrogens with zero attached hydrogens (tertiary/aromatic N) is 3. The van der Waals surface area contributed by atoms with Crippen molar-refractivity contribution >= 4 is 0 Å². The number of phenols is 1. The predicted molar refractivity (Wildman–Crippen MR) is 82.4 cm³/mol. The zero-order chi connectivity index (χ0) is 15.5. The zero-order valence-corrected chi connectivity index (χ0v) is 12.3. The molecule has 0 aliphatic rings. The number of aromatic amines is 1. The predicted octanol–water partition coefficient (Wildman–Crippen LogP) is 1.95. The van der Waals surface area contributed by atoms with Gasteiger partial charge in [-0.05, 0) is 24.6 Å². The van der Waals surface area contributed by atoms with Gasteiger partial charge in [-0.1, -0.05) is 12.1 Å². The highest BCUT2D eigenvalue weighted by Gasteiger charge is 2.16. The van der Waals surface area contributed by atoms with Crippen LogP contribution in [0.5, 0.6) is 5.75 Å². The normalized spacial score (nSPS) is 12.5. The first-order chi connectivity index (χ1) is 10.6. The van der Waals surface area contributed by atoms with E-state index in [1.54, 1.807) is 37.8 Å². The molecular formula is C16H18N4O2. The van der Waals surface area contributed by atoms with Crippen LogP contribution in [0.2, 0.25) is 0 Å². The third kappa shape index (κ3) is 3.01. The Morgan fingerprint density at radius 3 is 2.91 bits per heavy atom. The Balaban J connectivity index is 1.97. The van der Waals surface area contributed by atoms with E-state index in [-0.39, 0.29) is 5.75 Å². The maximum Gasteiger partial charge on any atom is 0.115 e. The summed E-state index contributed by atoms with van der Waals surface area (Å²) in [5.41, 5.74) is 3.63. The van der Waals surface area contributed by atoms with Gasteiger partial charge in [-0.15, -0.1) is 0 Å². The number of aromatic nitrogens is 4. The minimum absolute atomic E-state index is 0.241. The molecule has 1 unspecified atom stereocenters. The monoisotopic (exact) mass is 298 g/mol. The number of H-pyrrole nitrogens is 1. The van der Waals surface area contributed by atoms with Crippen LogP contribution in [0, 0.1) is 0 Å². The molecule has 22 heavy (non-hydrogen) atoms. The average Bonchev–Trinajstić information content (AvgIpc) is 3.09. The molecule has 0 fully saturated rings. The molecule has 0 aliphatic carbocycles. The van der Waals surface area contributed by atoms with Crippen molar-refractivity contribution in [2.75, 3.05) is 0 Å². The van der Waals surface area contributed by atoms with E-state index in [0.29, 0.717) is 13.0 Å². The van der Waals surface area contributed by atoms with Crippen LogP contribution in [0.25, 0.3) is 11.3 Å². The lowest BCUT2D eigenvalue weighted by atomic mass is 10.1. The highest BCUT2D eigenvalue weighted by molar-refractivity contribution is 5.60. The topological polar surface area (TPSA) is 87.0 Å². The van der Waals surface area contributed by atoms with E-state index in [4.69, 9.17) is 0 Å². The number of aliphatic hydroxyl groups is 1. The third-order valence-electron chi connectivity index (χ3n) is 3.47. The molecule has 3 N–H and O–H groups in total. The fraction of sp³-hybridized carbons (Fsp3) is 0.250. The van der Waals surface area contributed by atoms with Crippen molar-refractivity contribution in [2.45, 2.75) is 26.0 Å². The average molecular weight is 298 g/mol. The Kier molecular flexibility index (Phi) is 3.93. The van der Waals surface area contributed by atoms with Crippen molar-refractivity contribution in [3.8, 4) is 17.0 Å². The summed E-state index contributed by atoms with van der Waals surface area (Å²) in [5.74, 6) is 0.241. The van der Waals surface area contributed by atoms with Gasteiger partial charge in [0.25, 0.3) is 0 Å². The Morgan fingerprint density at radius 1 is 1.36 bits per heavy atom.